The maximum atomic E-state index is 11.8. The van der Waals surface area contributed by atoms with Crippen molar-refractivity contribution in [3.8, 4) is 0 Å². The number of anilines is 3. The Kier molecular flexibility index (Phi) is 5.06. The Bertz CT molecular complexity index is 882. The molecule has 0 aliphatic carbocycles. The molecule has 1 atom stereocenters. The molecular weight excluding hydrogens is 356 g/mol. The van der Waals surface area contributed by atoms with Crippen LogP contribution >= 0.6 is 0 Å². The van der Waals surface area contributed by atoms with Gasteiger partial charge in [0, 0.05) is 19.2 Å². The summed E-state index contributed by atoms with van der Waals surface area (Å²) in [5.41, 5.74) is 2.88. The predicted molar refractivity (Wildman–Crippen MR) is 97.0 cm³/mol. The zero-order valence-electron chi connectivity index (χ0n) is 14.3. The molecule has 0 bridgehead atoms. The molecule has 1 unspecified atom stereocenters. The highest BCUT2D eigenvalue weighted by Gasteiger charge is 2.22. The summed E-state index contributed by atoms with van der Waals surface area (Å²) in [6.07, 6.45) is 0.953. The lowest BCUT2D eigenvalue weighted by atomic mass is 10.0. The normalized spacial score (nSPS) is 14.6. The Balaban J connectivity index is 1.98. The number of carbonyl (C=O) groups is 2. The van der Waals surface area contributed by atoms with Crippen LogP contribution in [0, 0.1) is 0 Å². The summed E-state index contributed by atoms with van der Waals surface area (Å²) in [5.74, 6) is -0.458. The second-order valence-electron chi connectivity index (χ2n) is 5.82. The number of esters is 1. The van der Waals surface area contributed by atoms with Gasteiger partial charge in [-0.2, -0.15) is 0 Å². The van der Waals surface area contributed by atoms with Gasteiger partial charge in [-0.15, -0.1) is 0 Å². The molecule has 0 radical (unpaired) electrons. The lowest BCUT2D eigenvalue weighted by Crippen LogP contribution is -2.31. The number of carbonyl (C=O) groups excluding carboxylic acids is 2. The highest BCUT2D eigenvalue weighted by molar-refractivity contribution is 7.81. The van der Waals surface area contributed by atoms with Crippen LogP contribution in [0.15, 0.2) is 42.5 Å². The fourth-order valence-corrected chi connectivity index (χ4v) is 3.52. The zero-order chi connectivity index (χ0) is 18.8. The van der Waals surface area contributed by atoms with E-state index < -0.39 is 17.2 Å². The van der Waals surface area contributed by atoms with Crippen LogP contribution in [0.5, 0.6) is 0 Å². The molecule has 26 heavy (non-hydrogen) atoms. The molecule has 1 heterocycles. The van der Waals surface area contributed by atoms with E-state index in [-0.39, 0.29) is 5.91 Å². The van der Waals surface area contributed by atoms with E-state index in [1.807, 2.05) is 0 Å². The van der Waals surface area contributed by atoms with Gasteiger partial charge in [-0.05, 0) is 54.4 Å². The minimum Gasteiger partial charge on any atom is -0.755 e. The van der Waals surface area contributed by atoms with Gasteiger partial charge in [-0.3, -0.25) is 13.3 Å². The van der Waals surface area contributed by atoms with E-state index in [4.69, 9.17) is 0 Å². The average molecular weight is 373 g/mol. The summed E-state index contributed by atoms with van der Waals surface area (Å²) in [5, 5.41) is 0. The minimum absolute atomic E-state index is 0.0351. The van der Waals surface area contributed by atoms with Crippen LogP contribution in [0.4, 0.5) is 17.1 Å². The molecule has 136 valence electrons. The van der Waals surface area contributed by atoms with Crippen LogP contribution in [0.25, 0.3) is 0 Å². The van der Waals surface area contributed by atoms with Gasteiger partial charge in [-0.1, -0.05) is 0 Å². The molecular formula is C18H17N2O5S-. The first-order valence-electron chi connectivity index (χ1n) is 7.89. The van der Waals surface area contributed by atoms with E-state index in [1.165, 1.54) is 31.4 Å². The molecule has 1 amide bonds. The van der Waals surface area contributed by atoms with Gasteiger partial charge in [0.25, 0.3) is 0 Å². The van der Waals surface area contributed by atoms with Gasteiger partial charge in [0.2, 0.25) is 5.91 Å². The average Bonchev–Trinajstić information content (AvgIpc) is 2.64. The topological polar surface area (TPSA) is 90.0 Å². The van der Waals surface area contributed by atoms with Crippen molar-refractivity contribution in [3.05, 3.63) is 53.6 Å². The molecule has 3 rings (SSSR count). The summed E-state index contributed by atoms with van der Waals surface area (Å²) < 4.78 is 29.4. The van der Waals surface area contributed by atoms with Crippen molar-refractivity contribution in [1.29, 1.82) is 0 Å². The van der Waals surface area contributed by atoms with Gasteiger partial charge in [-0.25, -0.2) is 4.79 Å². The first-order chi connectivity index (χ1) is 12.4. The number of amides is 1. The number of ether oxygens (including phenoxy) is 1. The van der Waals surface area contributed by atoms with Crippen LogP contribution in [0.3, 0.4) is 0 Å². The lowest BCUT2D eigenvalue weighted by molar-refractivity contribution is -0.118. The standard InChI is InChI=1S/C18H18N2O5S/c1-19-16-9-8-15(11-13(16)5-10-17(19)21)20(26(23)24)14-6-3-12(4-7-14)18(22)25-2/h3-4,6-9,11H,5,10H2,1-2H3,(H,23,24)/p-1. The smallest absolute Gasteiger partial charge is 0.337 e. The van der Waals surface area contributed by atoms with Gasteiger partial charge in [0.15, 0.2) is 0 Å². The molecule has 0 saturated carbocycles. The molecule has 2 aromatic rings. The number of aryl methyl sites for hydroxylation is 1. The van der Waals surface area contributed by atoms with Gasteiger partial charge < -0.3 is 14.2 Å². The fraction of sp³-hybridized carbons (Fsp3) is 0.222. The maximum Gasteiger partial charge on any atom is 0.337 e. The van der Waals surface area contributed by atoms with E-state index in [0.717, 1.165) is 15.6 Å². The van der Waals surface area contributed by atoms with Crippen molar-refractivity contribution in [2.45, 2.75) is 12.8 Å². The maximum absolute atomic E-state index is 11.8. The third-order valence-corrected chi connectivity index (χ3v) is 5.03. The van der Waals surface area contributed by atoms with E-state index >= 15 is 0 Å². The largest absolute Gasteiger partial charge is 0.755 e. The first-order valence-corrected chi connectivity index (χ1v) is 8.93. The molecule has 1 aliphatic rings. The Morgan fingerprint density at radius 3 is 2.42 bits per heavy atom. The molecule has 0 saturated heterocycles. The highest BCUT2D eigenvalue weighted by Crippen LogP contribution is 2.34. The summed E-state index contributed by atoms with van der Waals surface area (Å²) in [4.78, 5) is 24.9. The Morgan fingerprint density at radius 1 is 1.15 bits per heavy atom. The van der Waals surface area contributed by atoms with Crippen molar-refractivity contribution in [2.24, 2.45) is 0 Å². The molecule has 7 nitrogen and oxygen atoms in total. The molecule has 2 aromatic carbocycles. The summed E-state index contributed by atoms with van der Waals surface area (Å²) >= 11 is -2.55. The van der Waals surface area contributed by atoms with E-state index in [0.29, 0.717) is 29.8 Å². The number of hydrogen-bond acceptors (Lipinski definition) is 5. The lowest BCUT2D eigenvalue weighted by Gasteiger charge is -2.30. The van der Waals surface area contributed by atoms with Crippen molar-refractivity contribution in [2.75, 3.05) is 23.4 Å². The van der Waals surface area contributed by atoms with Crippen LogP contribution < -0.4 is 9.21 Å². The second-order valence-corrected chi connectivity index (χ2v) is 6.62. The van der Waals surface area contributed by atoms with Crippen molar-refractivity contribution >= 4 is 40.2 Å². The monoisotopic (exact) mass is 373 g/mol. The Labute approximate surface area is 153 Å². The number of fused-ring (bicyclic) bond motifs is 1. The van der Waals surface area contributed by atoms with Crippen molar-refractivity contribution < 1.29 is 23.1 Å². The number of nitrogens with zero attached hydrogens (tertiary/aromatic N) is 2. The highest BCUT2D eigenvalue weighted by atomic mass is 32.2. The van der Waals surface area contributed by atoms with Crippen molar-refractivity contribution in [3.63, 3.8) is 0 Å². The summed E-state index contributed by atoms with van der Waals surface area (Å²) in [6, 6.07) is 11.2. The first kappa shape index (κ1) is 18.1. The van der Waals surface area contributed by atoms with E-state index in [9.17, 15) is 18.4 Å². The molecule has 8 heteroatoms. The second kappa shape index (κ2) is 7.27. The minimum atomic E-state index is -2.55. The van der Waals surface area contributed by atoms with Crippen LogP contribution in [0.1, 0.15) is 22.3 Å². The van der Waals surface area contributed by atoms with Crippen LogP contribution in [-0.2, 0) is 27.2 Å². The Morgan fingerprint density at radius 2 is 1.81 bits per heavy atom. The third-order valence-electron chi connectivity index (χ3n) is 4.31. The van der Waals surface area contributed by atoms with Crippen LogP contribution in [-0.4, -0.2) is 34.8 Å². The number of methoxy groups -OCH3 is 1. The summed E-state index contributed by atoms with van der Waals surface area (Å²) in [6.45, 7) is 0. The summed E-state index contributed by atoms with van der Waals surface area (Å²) in [7, 11) is 2.99. The van der Waals surface area contributed by atoms with Crippen LogP contribution in [0.2, 0.25) is 0 Å². The van der Waals surface area contributed by atoms with Gasteiger partial charge in [0.1, 0.15) is 0 Å². The van der Waals surface area contributed by atoms with E-state index in [2.05, 4.69) is 4.74 Å². The molecule has 0 N–H and O–H groups in total. The quantitative estimate of drug-likeness (QED) is 0.606. The number of rotatable bonds is 4. The number of benzene rings is 2. The Hall–Kier alpha value is -2.71. The molecule has 0 fully saturated rings. The zero-order valence-corrected chi connectivity index (χ0v) is 15.1. The van der Waals surface area contributed by atoms with Gasteiger partial charge >= 0.3 is 5.97 Å². The van der Waals surface area contributed by atoms with E-state index in [1.54, 1.807) is 30.1 Å². The molecule has 0 aromatic heterocycles. The molecule has 1 aliphatic heterocycles. The predicted octanol–water partition coefficient (Wildman–Crippen LogP) is 2.31. The third kappa shape index (κ3) is 3.33. The molecule has 0 spiro atoms. The fourth-order valence-electron chi connectivity index (χ4n) is 2.94. The number of hydrogen-bond donors (Lipinski definition) is 0. The SMILES string of the molecule is COC(=O)c1ccc(N(c2ccc3c(c2)CCC(=O)N3C)S(=O)[O-])cc1. The van der Waals surface area contributed by atoms with Gasteiger partial charge in [0.05, 0.1) is 35.3 Å². The van der Waals surface area contributed by atoms with Crippen molar-refractivity contribution in [1.82, 2.24) is 0 Å².